The third-order valence-corrected chi connectivity index (χ3v) is 4.92. The number of carboxylic acids is 1. The van der Waals surface area contributed by atoms with E-state index in [4.69, 9.17) is 9.84 Å². The summed E-state index contributed by atoms with van der Waals surface area (Å²) in [7, 11) is 1.72. The zero-order chi connectivity index (χ0) is 17.4. The molecule has 0 aliphatic carbocycles. The number of aliphatic hydroxyl groups is 1. The topological polar surface area (TPSA) is 70.0 Å². The van der Waals surface area contributed by atoms with E-state index in [1.807, 2.05) is 24.3 Å². The lowest BCUT2D eigenvalue weighted by Crippen LogP contribution is -2.45. The standard InChI is InChI=1S/C19H29NO4/c1-24-11-3-9-19(15-21)8-2-10-20(14-19)13-17-6-4-16(5-7-17)12-18(22)23/h4-7,21H,2-3,8-15H2,1H3,(H,22,23). The molecule has 1 aromatic carbocycles. The average Bonchev–Trinajstić information content (AvgIpc) is 2.57. The molecule has 1 fully saturated rings. The summed E-state index contributed by atoms with van der Waals surface area (Å²) in [5, 5.41) is 18.8. The number of likely N-dealkylation sites (tertiary alicyclic amines) is 1. The number of piperidine rings is 1. The van der Waals surface area contributed by atoms with Crippen LogP contribution in [0.2, 0.25) is 0 Å². The third-order valence-electron chi connectivity index (χ3n) is 4.92. The zero-order valence-corrected chi connectivity index (χ0v) is 14.5. The molecule has 2 N–H and O–H groups in total. The van der Waals surface area contributed by atoms with Crippen molar-refractivity contribution in [1.29, 1.82) is 0 Å². The van der Waals surface area contributed by atoms with E-state index < -0.39 is 5.97 Å². The number of carboxylic acid groups (broad SMARTS) is 1. The SMILES string of the molecule is COCCCC1(CO)CCCN(Cc2ccc(CC(=O)O)cc2)C1. The maximum absolute atomic E-state index is 10.7. The van der Waals surface area contributed by atoms with Crippen molar-refractivity contribution in [2.24, 2.45) is 5.41 Å². The molecule has 1 saturated heterocycles. The highest BCUT2D eigenvalue weighted by molar-refractivity contribution is 5.70. The molecule has 0 bridgehead atoms. The highest BCUT2D eigenvalue weighted by Gasteiger charge is 2.34. The van der Waals surface area contributed by atoms with E-state index in [-0.39, 0.29) is 18.4 Å². The molecule has 1 aromatic rings. The highest BCUT2D eigenvalue weighted by atomic mass is 16.5. The Morgan fingerprint density at radius 2 is 2.00 bits per heavy atom. The van der Waals surface area contributed by atoms with Gasteiger partial charge in [0.1, 0.15) is 0 Å². The van der Waals surface area contributed by atoms with Crippen molar-refractivity contribution in [3.63, 3.8) is 0 Å². The van der Waals surface area contributed by atoms with Crippen LogP contribution in [-0.4, -0.2) is 54.5 Å². The number of ether oxygens (including phenoxy) is 1. The van der Waals surface area contributed by atoms with Crippen LogP contribution in [0.5, 0.6) is 0 Å². The molecule has 1 aliphatic heterocycles. The summed E-state index contributed by atoms with van der Waals surface area (Å²) in [4.78, 5) is 13.1. The van der Waals surface area contributed by atoms with Crippen LogP contribution in [-0.2, 0) is 22.5 Å². The predicted molar refractivity (Wildman–Crippen MR) is 92.9 cm³/mol. The fraction of sp³-hybridized carbons (Fsp3) is 0.632. The number of hydrogen-bond acceptors (Lipinski definition) is 4. The van der Waals surface area contributed by atoms with Gasteiger partial charge in [-0.05, 0) is 43.4 Å². The molecule has 134 valence electrons. The number of nitrogens with zero attached hydrogens (tertiary/aromatic N) is 1. The van der Waals surface area contributed by atoms with Gasteiger partial charge in [-0.2, -0.15) is 0 Å². The number of benzene rings is 1. The number of methoxy groups -OCH3 is 1. The van der Waals surface area contributed by atoms with Gasteiger partial charge in [0.05, 0.1) is 6.42 Å². The van der Waals surface area contributed by atoms with Gasteiger partial charge in [-0.1, -0.05) is 24.3 Å². The monoisotopic (exact) mass is 335 g/mol. The van der Waals surface area contributed by atoms with Crippen LogP contribution in [0.25, 0.3) is 0 Å². The second kappa shape index (κ2) is 9.16. The number of hydrogen-bond donors (Lipinski definition) is 2. The molecular weight excluding hydrogens is 306 g/mol. The average molecular weight is 335 g/mol. The molecule has 0 amide bonds. The van der Waals surface area contributed by atoms with Gasteiger partial charge in [-0.15, -0.1) is 0 Å². The summed E-state index contributed by atoms with van der Waals surface area (Å²) >= 11 is 0. The Labute approximate surface area is 144 Å². The van der Waals surface area contributed by atoms with Gasteiger partial charge in [-0.3, -0.25) is 9.69 Å². The molecule has 5 heteroatoms. The Kier molecular flexibility index (Phi) is 7.21. The molecule has 0 spiro atoms. The maximum Gasteiger partial charge on any atom is 0.307 e. The van der Waals surface area contributed by atoms with Gasteiger partial charge in [0.25, 0.3) is 0 Å². The number of aliphatic hydroxyl groups excluding tert-OH is 1. The Balaban J connectivity index is 1.92. The second-order valence-electron chi connectivity index (χ2n) is 6.96. The first-order chi connectivity index (χ1) is 11.6. The van der Waals surface area contributed by atoms with Crippen LogP contribution < -0.4 is 0 Å². The van der Waals surface area contributed by atoms with Gasteiger partial charge in [0.2, 0.25) is 0 Å². The Hall–Kier alpha value is -1.43. The minimum atomic E-state index is -0.803. The lowest BCUT2D eigenvalue weighted by atomic mass is 9.77. The minimum absolute atomic E-state index is 0.0139. The normalized spacial score (nSPS) is 21.8. The van der Waals surface area contributed by atoms with E-state index in [2.05, 4.69) is 4.90 Å². The van der Waals surface area contributed by atoms with E-state index in [0.717, 1.165) is 57.5 Å². The van der Waals surface area contributed by atoms with Gasteiger partial charge in [0.15, 0.2) is 0 Å². The van der Waals surface area contributed by atoms with Crippen molar-refractivity contribution in [2.75, 3.05) is 33.4 Å². The van der Waals surface area contributed by atoms with Crippen LogP contribution >= 0.6 is 0 Å². The summed E-state index contributed by atoms with van der Waals surface area (Å²) in [6.45, 7) is 3.77. The first kappa shape index (κ1) is 18.9. The van der Waals surface area contributed by atoms with Crippen molar-refractivity contribution in [3.05, 3.63) is 35.4 Å². The van der Waals surface area contributed by atoms with Crippen molar-refractivity contribution in [2.45, 2.75) is 38.6 Å². The summed E-state index contributed by atoms with van der Waals surface area (Å²) in [6.07, 6.45) is 4.21. The summed E-state index contributed by atoms with van der Waals surface area (Å²) in [5.41, 5.74) is 2.00. The molecule has 0 aromatic heterocycles. The first-order valence-electron chi connectivity index (χ1n) is 8.69. The molecule has 0 radical (unpaired) electrons. The molecule has 1 unspecified atom stereocenters. The molecule has 5 nitrogen and oxygen atoms in total. The fourth-order valence-electron chi connectivity index (χ4n) is 3.64. The van der Waals surface area contributed by atoms with E-state index >= 15 is 0 Å². The smallest absolute Gasteiger partial charge is 0.307 e. The van der Waals surface area contributed by atoms with E-state index in [0.29, 0.717) is 0 Å². The number of aliphatic carboxylic acids is 1. The highest BCUT2D eigenvalue weighted by Crippen LogP contribution is 2.34. The lowest BCUT2D eigenvalue weighted by Gasteiger charge is -2.42. The number of rotatable bonds is 9. The van der Waals surface area contributed by atoms with Crippen molar-refractivity contribution in [3.8, 4) is 0 Å². The van der Waals surface area contributed by atoms with Crippen LogP contribution in [0.1, 0.15) is 36.8 Å². The summed E-state index contributed by atoms with van der Waals surface area (Å²) in [6, 6.07) is 7.81. The van der Waals surface area contributed by atoms with Crippen LogP contribution in [0, 0.1) is 5.41 Å². The second-order valence-corrected chi connectivity index (χ2v) is 6.96. The molecule has 1 heterocycles. The molecular formula is C19H29NO4. The molecule has 1 atom stereocenters. The lowest BCUT2D eigenvalue weighted by molar-refractivity contribution is -0.136. The maximum atomic E-state index is 10.7. The molecule has 24 heavy (non-hydrogen) atoms. The summed E-state index contributed by atoms with van der Waals surface area (Å²) < 4.78 is 5.15. The van der Waals surface area contributed by atoms with Crippen molar-refractivity contribution < 1.29 is 19.7 Å². The van der Waals surface area contributed by atoms with E-state index in [1.54, 1.807) is 7.11 Å². The Bertz CT molecular complexity index is 517. The Morgan fingerprint density at radius 3 is 2.62 bits per heavy atom. The van der Waals surface area contributed by atoms with Crippen LogP contribution in [0.3, 0.4) is 0 Å². The van der Waals surface area contributed by atoms with Gasteiger partial charge in [0, 0.05) is 38.8 Å². The van der Waals surface area contributed by atoms with Crippen molar-refractivity contribution in [1.82, 2.24) is 4.90 Å². The molecule has 2 rings (SSSR count). The Morgan fingerprint density at radius 1 is 1.29 bits per heavy atom. The molecule has 1 aliphatic rings. The van der Waals surface area contributed by atoms with E-state index in [9.17, 15) is 9.90 Å². The number of carbonyl (C=O) groups is 1. The van der Waals surface area contributed by atoms with Gasteiger partial charge >= 0.3 is 5.97 Å². The van der Waals surface area contributed by atoms with Crippen LogP contribution in [0.15, 0.2) is 24.3 Å². The third kappa shape index (κ3) is 5.58. The van der Waals surface area contributed by atoms with Gasteiger partial charge < -0.3 is 14.9 Å². The van der Waals surface area contributed by atoms with Crippen molar-refractivity contribution >= 4 is 5.97 Å². The minimum Gasteiger partial charge on any atom is -0.481 e. The first-order valence-corrected chi connectivity index (χ1v) is 8.69. The van der Waals surface area contributed by atoms with E-state index in [1.165, 1.54) is 5.56 Å². The van der Waals surface area contributed by atoms with Gasteiger partial charge in [-0.25, -0.2) is 0 Å². The predicted octanol–water partition coefficient (Wildman–Crippen LogP) is 2.31. The largest absolute Gasteiger partial charge is 0.481 e. The van der Waals surface area contributed by atoms with Crippen LogP contribution in [0.4, 0.5) is 0 Å². The molecule has 0 saturated carbocycles. The fourth-order valence-corrected chi connectivity index (χ4v) is 3.64. The summed E-state index contributed by atoms with van der Waals surface area (Å²) in [5.74, 6) is -0.803. The zero-order valence-electron chi connectivity index (χ0n) is 14.5. The quantitative estimate of drug-likeness (QED) is 0.678.